The van der Waals surface area contributed by atoms with Gasteiger partial charge in [0.05, 0.1) is 6.54 Å². The number of ether oxygens (including phenoxy) is 1. The van der Waals surface area contributed by atoms with E-state index in [1.165, 1.54) is 0 Å². The molecule has 0 saturated carbocycles. The SMILES string of the molecule is CC(C)(C)OC(=O)NC1(/C(Cl)=N/O)CCCN(C(=O)O)C1. The zero-order valence-electron chi connectivity index (χ0n) is 12.2. The zero-order chi connectivity index (χ0) is 16.3. The minimum absolute atomic E-state index is 0.107. The number of hydrogen-bond acceptors (Lipinski definition) is 5. The summed E-state index contributed by atoms with van der Waals surface area (Å²) in [7, 11) is 0. The van der Waals surface area contributed by atoms with Gasteiger partial charge >= 0.3 is 12.2 Å². The van der Waals surface area contributed by atoms with Crippen molar-refractivity contribution < 1.29 is 24.6 Å². The lowest BCUT2D eigenvalue weighted by Crippen LogP contribution is -2.63. The van der Waals surface area contributed by atoms with Crippen molar-refractivity contribution in [2.75, 3.05) is 13.1 Å². The second-order valence-corrected chi connectivity index (χ2v) is 6.27. The van der Waals surface area contributed by atoms with E-state index in [0.717, 1.165) is 4.90 Å². The summed E-state index contributed by atoms with van der Waals surface area (Å²) in [5.74, 6) is 0. The normalized spacial score (nSPS) is 23.6. The number of alkyl carbamates (subject to hydrolysis) is 1. The predicted molar refractivity (Wildman–Crippen MR) is 76.0 cm³/mol. The van der Waals surface area contributed by atoms with Crippen LogP contribution >= 0.6 is 11.6 Å². The van der Waals surface area contributed by atoms with Crippen molar-refractivity contribution in [1.82, 2.24) is 10.2 Å². The van der Waals surface area contributed by atoms with E-state index in [1.807, 2.05) is 0 Å². The molecule has 8 nitrogen and oxygen atoms in total. The summed E-state index contributed by atoms with van der Waals surface area (Å²) in [5.41, 5.74) is -2.00. The van der Waals surface area contributed by atoms with Crippen LogP contribution in [-0.2, 0) is 4.74 Å². The molecular weight excluding hydrogens is 302 g/mol. The number of amides is 2. The maximum absolute atomic E-state index is 11.9. The first-order valence-electron chi connectivity index (χ1n) is 6.47. The van der Waals surface area contributed by atoms with E-state index in [2.05, 4.69) is 10.5 Å². The minimum Gasteiger partial charge on any atom is -0.465 e. The minimum atomic E-state index is -1.28. The maximum atomic E-state index is 11.9. The van der Waals surface area contributed by atoms with Crippen LogP contribution in [0.25, 0.3) is 0 Å². The number of likely N-dealkylation sites (tertiary alicyclic amines) is 1. The molecule has 1 aliphatic heterocycles. The third kappa shape index (κ3) is 4.66. The summed E-state index contributed by atoms with van der Waals surface area (Å²) in [6, 6.07) is 0. The van der Waals surface area contributed by atoms with Crippen molar-refractivity contribution in [1.29, 1.82) is 0 Å². The largest absolute Gasteiger partial charge is 0.465 e. The topological polar surface area (TPSA) is 111 Å². The van der Waals surface area contributed by atoms with Gasteiger partial charge < -0.3 is 25.3 Å². The Bertz CT molecular complexity index is 449. The standard InChI is InChI=1S/C12H20ClN3O5/c1-11(2,3)21-9(17)14-12(8(13)15-20)5-4-6-16(7-12)10(18)19/h20H,4-7H2,1-3H3,(H,14,17)(H,18,19)/b15-8-. The Morgan fingerprint density at radius 3 is 2.52 bits per heavy atom. The van der Waals surface area contributed by atoms with Gasteiger partial charge in [-0.2, -0.15) is 0 Å². The van der Waals surface area contributed by atoms with Gasteiger partial charge in [-0.15, -0.1) is 0 Å². The Hall–Kier alpha value is -1.70. The second-order valence-electron chi connectivity index (χ2n) is 5.91. The number of carbonyl (C=O) groups is 2. The molecule has 0 aromatic carbocycles. The number of carbonyl (C=O) groups excluding carboxylic acids is 1. The zero-order valence-corrected chi connectivity index (χ0v) is 13.0. The Morgan fingerprint density at radius 2 is 2.05 bits per heavy atom. The molecule has 0 spiro atoms. The van der Waals surface area contributed by atoms with E-state index in [0.29, 0.717) is 19.4 Å². The summed E-state index contributed by atoms with van der Waals surface area (Å²) in [4.78, 5) is 24.1. The van der Waals surface area contributed by atoms with Crippen LogP contribution in [0.3, 0.4) is 0 Å². The lowest BCUT2D eigenvalue weighted by atomic mass is 9.90. The lowest BCUT2D eigenvalue weighted by Gasteiger charge is -2.40. The number of hydrogen-bond donors (Lipinski definition) is 3. The molecule has 3 N–H and O–H groups in total. The van der Waals surface area contributed by atoms with Crippen LogP contribution in [0.2, 0.25) is 0 Å². The van der Waals surface area contributed by atoms with Crippen LogP contribution in [0.4, 0.5) is 9.59 Å². The van der Waals surface area contributed by atoms with Gasteiger partial charge in [0.2, 0.25) is 0 Å². The number of oxime groups is 1. The first kappa shape index (κ1) is 17.4. The summed E-state index contributed by atoms with van der Waals surface area (Å²) >= 11 is 5.90. The van der Waals surface area contributed by atoms with Gasteiger partial charge in [-0.25, -0.2) is 9.59 Å². The third-order valence-electron chi connectivity index (χ3n) is 2.99. The van der Waals surface area contributed by atoms with E-state index in [9.17, 15) is 9.59 Å². The molecule has 1 aliphatic rings. The lowest BCUT2D eigenvalue weighted by molar-refractivity contribution is 0.0432. The van der Waals surface area contributed by atoms with E-state index < -0.39 is 23.3 Å². The molecule has 1 rings (SSSR count). The fourth-order valence-corrected chi connectivity index (χ4v) is 2.34. The average Bonchev–Trinajstić information content (AvgIpc) is 2.35. The number of carboxylic acid groups (broad SMARTS) is 1. The monoisotopic (exact) mass is 321 g/mol. The molecule has 1 atom stereocenters. The fourth-order valence-electron chi connectivity index (χ4n) is 2.14. The molecule has 0 aromatic rings. The predicted octanol–water partition coefficient (Wildman–Crippen LogP) is 2.05. The third-order valence-corrected chi connectivity index (χ3v) is 3.42. The molecule has 0 aromatic heterocycles. The molecule has 9 heteroatoms. The van der Waals surface area contributed by atoms with Gasteiger partial charge in [-0.1, -0.05) is 16.8 Å². The van der Waals surface area contributed by atoms with Crippen molar-refractivity contribution in [3.8, 4) is 0 Å². The van der Waals surface area contributed by atoms with Crippen molar-refractivity contribution in [2.45, 2.75) is 44.8 Å². The molecule has 1 saturated heterocycles. The molecule has 1 heterocycles. The summed E-state index contributed by atoms with van der Waals surface area (Å²) in [6.07, 6.45) is -1.07. The highest BCUT2D eigenvalue weighted by atomic mass is 35.5. The summed E-state index contributed by atoms with van der Waals surface area (Å²) < 4.78 is 5.14. The van der Waals surface area contributed by atoms with Gasteiger partial charge in [-0.3, -0.25) is 0 Å². The highest BCUT2D eigenvalue weighted by Gasteiger charge is 2.43. The second kappa shape index (κ2) is 6.38. The van der Waals surface area contributed by atoms with Gasteiger partial charge in [0, 0.05) is 6.54 Å². The van der Waals surface area contributed by atoms with Crippen molar-refractivity contribution in [3.05, 3.63) is 0 Å². The van der Waals surface area contributed by atoms with Gasteiger partial charge in [0.15, 0.2) is 5.17 Å². The Morgan fingerprint density at radius 1 is 1.43 bits per heavy atom. The molecule has 1 unspecified atom stereocenters. The first-order valence-corrected chi connectivity index (χ1v) is 6.84. The summed E-state index contributed by atoms with van der Waals surface area (Å²) in [5, 5.41) is 23.2. The van der Waals surface area contributed by atoms with Crippen molar-refractivity contribution >= 4 is 29.0 Å². The summed E-state index contributed by atoms with van der Waals surface area (Å²) in [6.45, 7) is 5.31. The van der Waals surface area contributed by atoms with E-state index >= 15 is 0 Å². The van der Waals surface area contributed by atoms with Crippen LogP contribution in [-0.4, -0.2) is 56.8 Å². The molecule has 1 fully saturated rings. The molecule has 2 amide bonds. The average molecular weight is 322 g/mol. The van der Waals surface area contributed by atoms with Crippen LogP contribution in [0.1, 0.15) is 33.6 Å². The number of piperidine rings is 1. The molecule has 0 bridgehead atoms. The van der Waals surface area contributed by atoms with Gasteiger partial charge in [0.25, 0.3) is 0 Å². The maximum Gasteiger partial charge on any atom is 0.408 e. The molecule has 120 valence electrons. The van der Waals surface area contributed by atoms with Crippen LogP contribution < -0.4 is 5.32 Å². The number of nitrogens with zero attached hydrogens (tertiary/aromatic N) is 2. The first-order chi connectivity index (χ1) is 9.59. The highest BCUT2D eigenvalue weighted by molar-refractivity contribution is 6.67. The van der Waals surface area contributed by atoms with Crippen molar-refractivity contribution in [3.63, 3.8) is 0 Å². The number of nitrogens with one attached hydrogen (secondary N) is 1. The van der Waals surface area contributed by atoms with E-state index in [1.54, 1.807) is 20.8 Å². The Balaban J connectivity index is 2.95. The molecule has 0 radical (unpaired) electrons. The number of rotatable bonds is 2. The van der Waals surface area contributed by atoms with Crippen molar-refractivity contribution in [2.24, 2.45) is 5.16 Å². The highest BCUT2D eigenvalue weighted by Crippen LogP contribution is 2.25. The Labute approximate surface area is 127 Å². The Kier molecular flexibility index (Phi) is 5.27. The molecular formula is C12H20ClN3O5. The van der Waals surface area contributed by atoms with Crippen LogP contribution in [0, 0.1) is 0 Å². The quantitative estimate of drug-likeness (QED) is 0.409. The van der Waals surface area contributed by atoms with Crippen LogP contribution in [0.5, 0.6) is 0 Å². The van der Waals surface area contributed by atoms with Gasteiger partial charge in [-0.05, 0) is 33.6 Å². The smallest absolute Gasteiger partial charge is 0.408 e. The van der Waals surface area contributed by atoms with E-state index in [4.69, 9.17) is 26.7 Å². The number of halogens is 1. The van der Waals surface area contributed by atoms with Gasteiger partial charge in [0.1, 0.15) is 11.1 Å². The fraction of sp³-hybridized carbons (Fsp3) is 0.750. The molecule has 21 heavy (non-hydrogen) atoms. The molecule has 0 aliphatic carbocycles. The van der Waals surface area contributed by atoms with Crippen LogP contribution in [0.15, 0.2) is 5.16 Å². The van der Waals surface area contributed by atoms with E-state index in [-0.39, 0.29) is 11.7 Å².